The topological polar surface area (TPSA) is 95.9 Å². The molecular formula is C79H151NO5. The zero-order valence-corrected chi connectivity index (χ0v) is 57.6. The molecule has 0 aliphatic heterocycles. The normalized spacial score (nSPS) is 12.7. The van der Waals surface area contributed by atoms with Gasteiger partial charge in [0.15, 0.2) is 0 Å². The van der Waals surface area contributed by atoms with Gasteiger partial charge in [-0.25, -0.2) is 0 Å². The van der Waals surface area contributed by atoms with Crippen molar-refractivity contribution in [1.29, 1.82) is 0 Å². The molecule has 0 rings (SSSR count). The number of amides is 1. The summed E-state index contributed by atoms with van der Waals surface area (Å²) in [5.41, 5.74) is 0. The molecule has 0 saturated heterocycles. The Bertz CT molecular complexity index is 1380. The molecule has 0 aliphatic carbocycles. The van der Waals surface area contributed by atoms with Gasteiger partial charge in [-0.2, -0.15) is 0 Å². The maximum absolute atomic E-state index is 12.6. The van der Waals surface area contributed by atoms with Crippen molar-refractivity contribution in [3.05, 3.63) is 36.5 Å². The second kappa shape index (κ2) is 74.5. The summed E-state index contributed by atoms with van der Waals surface area (Å²) in [5.74, 6) is -0.0176. The predicted octanol–water partition coefficient (Wildman–Crippen LogP) is 25.4. The van der Waals surface area contributed by atoms with Gasteiger partial charge in [0.05, 0.1) is 25.4 Å². The molecule has 0 aromatic heterocycles. The molecule has 2 unspecified atom stereocenters. The van der Waals surface area contributed by atoms with E-state index < -0.39 is 12.1 Å². The maximum atomic E-state index is 12.6. The van der Waals surface area contributed by atoms with Gasteiger partial charge in [0, 0.05) is 12.8 Å². The van der Waals surface area contributed by atoms with Gasteiger partial charge in [-0.3, -0.25) is 9.59 Å². The van der Waals surface area contributed by atoms with Crippen LogP contribution >= 0.6 is 0 Å². The highest BCUT2D eigenvalue weighted by molar-refractivity contribution is 5.76. The van der Waals surface area contributed by atoms with E-state index >= 15 is 0 Å². The third kappa shape index (κ3) is 71.0. The van der Waals surface area contributed by atoms with Crippen LogP contribution in [0.3, 0.4) is 0 Å². The molecule has 0 spiro atoms. The summed E-state index contributed by atoms with van der Waals surface area (Å²) in [4.78, 5) is 24.7. The molecule has 0 heterocycles. The monoisotopic (exact) mass is 1190 g/mol. The number of aliphatic hydroxyl groups is 2. The molecule has 6 heteroatoms. The zero-order chi connectivity index (χ0) is 61.3. The van der Waals surface area contributed by atoms with Crippen LogP contribution in [0.2, 0.25) is 0 Å². The summed E-state index contributed by atoms with van der Waals surface area (Å²) in [7, 11) is 0. The molecule has 0 aromatic rings. The summed E-state index contributed by atoms with van der Waals surface area (Å²) in [5, 5.41) is 23.4. The lowest BCUT2D eigenvalue weighted by molar-refractivity contribution is -0.143. The number of allylic oxidation sites excluding steroid dienone is 6. The zero-order valence-electron chi connectivity index (χ0n) is 57.6. The maximum Gasteiger partial charge on any atom is 0.305 e. The Morgan fingerprint density at radius 3 is 0.918 bits per heavy atom. The first-order chi connectivity index (χ1) is 42.0. The summed E-state index contributed by atoms with van der Waals surface area (Å²) < 4.78 is 5.51. The van der Waals surface area contributed by atoms with Crippen LogP contribution in [0, 0.1) is 0 Å². The van der Waals surface area contributed by atoms with Gasteiger partial charge < -0.3 is 20.3 Å². The molecular weight excluding hydrogens is 1040 g/mol. The lowest BCUT2D eigenvalue weighted by Gasteiger charge is -2.22. The van der Waals surface area contributed by atoms with E-state index in [0.717, 1.165) is 51.4 Å². The van der Waals surface area contributed by atoms with Gasteiger partial charge in [0.25, 0.3) is 0 Å². The van der Waals surface area contributed by atoms with Crippen LogP contribution in [-0.4, -0.2) is 47.4 Å². The predicted molar refractivity (Wildman–Crippen MR) is 375 cm³/mol. The molecule has 0 aromatic carbocycles. The van der Waals surface area contributed by atoms with Crippen LogP contribution in [0.25, 0.3) is 0 Å². The largest absolute Gasteiger partial charge is 0.466 e. The van der Waals surface area contributed by atoms with Crippen molar-refractivity contribution in [1.82, 2.24) is 5.32 Å². The lowest BCUT2D eigenvalue weighted by Crippen LogP contribution is -2.45. The van der Waals surface area contributed by atoms with E-state index in [9.17, 15) is 19.8 Å². The van der Waals surface area contributed by atoms with E-state index in [4.69, 9.17) is 4.74 Å². The first-order valence-corrected chi connectivity index (χ1v) is 38.7. The minimum atomic E-state index is -0.664. The SMILES string of the molecule is CCCCCC/C=C\C/C=C\CCCCCCCCCC(=O)OCCCCCCCCCCCCCC/C=C\CCCCCCCCCCCCCCCCCC(=O)NC(CO)C(O)CCCCCCCCCCCCCCCCCCCCC. The van der Waals surface area contributed by atoms with E-state index in [2.05, 4.69) is 55.6 Å². The number of carbonyl (C=O) groups excluding carboxylic acids is 2. The molecule has 3 N–H and O–H groups in total. The summed E-state index contributed by atoms with van der Waals surface area (Å²) in [6.45, 7) is 4.98. The van der Waals surface area contributed by atoms with Crippen LogP contribution in [0.4, 0.5) is 0 Å². The Morgan fingerprint density at radius 1 is 0.329 bits per heavy atom. The molecule has 0 saturated carbocycles. The van der Waals surface area contributed by atoms with Gasteiger partial charge in [0.1, 0.15) is 0 Å². The minimum Gasteiger partial charge on any atom is -0.466 e. The summed E-state index contributed by atoms with van der Waals surface area (Å²) >= 11 is 0. The van der Waals surface area contributed by atoms with Crippen LogP contribution in [0.1, 0.15) is 431 Å². The molecule has 0 radical (unpaired) electrons. The number of nitrogens with one attached hydrogen (secondary N) is 1. The molecule has 0 fully saturated rings. The average molecular weight is 1200 g/mol. The molecule has 2 atom stereocenters. The standard InChI is InChI=1S/C79H151NO5/c1-3-5-7-9-11-13-15-17-19-21-36-39-43-47-51-55-59-63-67-71-77(82)76(75-81)80-78(83)72-68-64-60-56-52-48-44-40-37-34-32-30-28-26-24-23-25-27-29-31-33-35-38-42-46-50-54-58-62-66-70-74-85-79(84)73-69-65-61-57-53-49-45-41-22-20-18-16-14-12-10-8-6-4-2/h14,16,20,22,25,27,76-77,81-82H,3-13,15,17-19,21,23-24,26,28-75H2,1-2H3,(H,80,83)/b16-14-,22-20-,27-25-. The molecule has 1 amide bonds. The quantitative estimate of drug-likeness (QED) is 0.0320. The van der Waals surface area contributed by atoms with Crippen LogP contribution < -0.4 is 5.32 Å². The highest BCUT2D eigenvalue weighted by Crippen LogP contribution is 2.19. The number of esters is 1. The Morgan fingerprint density at radius 2 is 0.588 bits per heavy atom. The van der Waals surface area contributed by atoms with Crippen LogP contribution in [0.15, 0.2) is 36.5 Å². The average Bonchev–Trinajstić information content (AvgIpc) is 3.51. The van der Waals surface area contributed by atoms with Crippen LogP contribution in [-0.2, 0) is 14.3 Å². The lowest BCUT2D eigenvalue weighted by atomic mass is 10.0. The van der Waals surface area contributed by atoms with E-state index in [0.29, 0.717) is 25.9 Å². The van der Waals surface area contributed by atoms with Gasteiger partial charge in [-0.15, -0.1) is 0 Å². The van der Waals surface area contributed by atoms with Crippen molar-refractivity contribution >= 4 is 11.9 Å². The number of hydrogen-bond donors (Lipinski definition) is 3. The van der Waals surface area contributed by atoms with Crippen molar-refractivity contribution < 1.29 is 24.5 Å². The second-order valence-corrected chi connectivity index (χ2v) is 26.7. The minimum absolute atomic E-state index is 0.0110. The molecule has 0 aliphatic rings. The summed E-state index contributed by atoms with van der Waals surface area (Å²) in [6.07, 6.45) is 96.5. The number of aliphatic hydroxyl groups excluding tert-OH is 2. The van der Waals surface area contributed by atoms with Crippen molar-refractivity contribution in [2.24, 2.45) is 0 Å². The number of rotatable bonds is 73. The number of hydrogen-bond acceptors (Lipinski definition) is 5. The van der Waals surface area contributed by atoms with E-state index in [1.807, 2.05) is 0 Å². The second-order valence-electron chi connectivity index (χ2n) is 26.7. The highest BCUT2D eigenvalue weighted by atomic mass is 16.5. The molecule has 502 valence electrons. The molecule has 85 heavy (non-hydrogen) atoms. The first-order valence-electron chi connectivity index (χ1n) is 38.7. The van der Waals surface area contributed by atoms with Crippen LogP contribution in [0.5, 0.6) is 0 Å². The smallest absolute Gasteiger partial charge is 0.305 e. The Hall–Kier alpha value is -1.92. The van der Waals surface area contributed by atoms with Gasteiger partial charge in [0.2, 0.25) is 5.91 Å². The van der Waals surface area contributed by atoms with Gasteiger partial charge >= 0.3 is 5.97 Å². The fraction of sp³-hybridized carbons (Fsp3) is 0.899. The Balaban J connectivity index is 3.36. The number of ether oxygens (including phenoxy) is 1. The van der Waals surface area contributed by atoms with Gasteiger partial charge in [-0.1, -0.05) is 371 Å². The number of unbranched alkanes of at least 4 members (excludes halogenated alkanes) is 56. The van der Waals surface area contributed by atoms with E-state index in [1.165, 1.54) is 347 Å². The summed E-state index contributed by atoms with van der Waals surface area (Å²) in [6, 6.07) is -0.541. The Labute approximate surface area is 532 Å². The number of carbonyl (C=O) groups is 2. The van der Waals surface area contributed by atoms with E-state index in [-0.39, 0.29) is 18.5 Å². The van der Waals surface area contributed by atoms with E-state index in [1.54, 1.807) is 0 Å². The van der Waals surface area contributed by atoms with Crippen molar-refractivity contribution in [2.45, 2.75) is 443 Å². The third-order valence-electron chi connectivity index (χ3n) is 18.2. The molecule has 0 bridgehead atoms. The third-order valence-corrected chi connectivity index (χ3v) is 18.2. The van der Waals surface area contributed by atoms with Gasteiger partial charge in [-0.05, 0) is 83.5 Å². The van der Waals surface area contributed by atoms with Crippen molar-refractivity contribution in [3.8, 4) is 0 Å². The Kier molecular flexibility index (Phi) is 72.9. The highest BCUT2D eigenvalue weighted by Gasteiger charge is 2.20. The molecule has 6 nitrogen and oxygen atoms in total. The fourth-order valence-corrected chi connectivity index (χ4v) is 12.3. The fourth-order valence-electron chi connectivity index (χ4n) is 12.3. The first kappa shape index (κ1) is 83.1. The van der Waals surface area contributed by atoms with Crippen molar-refractivity contribution in [2.75, 3.05) is 13.2 Å². The van der Waals surface area contributed by atoms with Crippen molar-refractivity contribution in [3.63, 3.8) is 0 Å².